The molecule has 0 unspecified atom stereocenters. The number of hydrogen-bond acceptors (Lipinski definition) is 6. The first-order chi connectivity index (χ1) is 7.31. The Labute approximate surface area is 85.7 Å². The number of furan rings is 1. The summed E-state index contributed by atoms with van der Waals surface area (Å²) < 4.78 is 9.78. The average Bonchev–Trinajstić information content (AvgIpc) is 2.89. The van der Waals surface area contributed by atoms with Crippen molar-refractivity contribution in [2.75, 3.05) is 6.54 Å². The van der Waals surface area contributed by atoms with Crippen molar-refractivity contribution < 1.29 is 14.0 Å². The lowest BCUT2D eigenvalue weighted by Crippen LogP contribution is -2.06. The molecule has 6 heteroatoms. The molecule has 1 atom stereocenters. The quantitative estimate of drug-likeness (QED) is 0.769. The van der Waals surface area contributed by atoms with Gasteiger partial charge in [-0.25, -0.2) is 0 Å². The molecule has 0 aliphatic heterocycles. The first kappa shape index (κ1) is 9.88. The molecule has 2 aromatic rings. The summed E-state index contributed by atoms with van der Waals surface area (Å²) in [4.78, 5) is 4.03. The molecule has 0 saturated heterocycles. The smallest absolute Gasteiger partial charge is 0.255 e. The van der Waals surface area contributed by atoms with Crippen molar-refractivity contribution in [3.63, 3.8) is 0 Å². The maximum Gasteiger partial charge on any atom is 0.255 e. The lowest BCUT2D eigenvalue weighted by atomic mass is 10.2. The van der Waals surface area contributed by atoms with Crippen LogP contribution < -0.4 is 5.73 Å². The van der Waals surface area contributed by atoms with Crippen LogP contribution in [0.1, 0.15) is 18.4 Å². The standard InChI is InChI=1S/C9H11N3O3/c10-3-1-7(13)9-11-8(12-15-9)6-2-4-14-5-6/h2,4-5,7,13H,1,3,10H2/t7-/m0/s1. The zero-order valence-corrected chi connectivity index (χ0v) is 7.96. The topological polar surface area (TPSA) is 98.3 Å². The second kappa shape index (κ2) is 4.24. The largest absolute Gasteiger partial charge is 0.472 e. The summed E-state index contributed by atoms with van der Waals surface area (Å²) in [6.45, 7) is 0.366. The van der Waals surface area contributed by atoms with Crippen molar-refractivity contribution in [3.05, 3.63) is 24.5 Å². The van der Waals surface area contributed by atoms with E-state index in [1.54, 1.807) is 6.07 Å². The number of hydrogen-bond donors (Lipinski definition) is 2. The third kappa shape index (κ3) is 2.05. The Morgan fingerprint density at radius 3 is 3.07 bits per heavy atom. The van der Waals surface area contributed by atoms with Gasteiger partial charge in [0.05, 0.1) is 11.8 Å². The summed E-state index contributed by atoms with van der Waals surface area (Å²) in [6.07, 6.45) is 2.61. The first-order valence-electron chi connectivity index (χ1n) is 4.55. The maximum atomic E-state index is 9.53. The van der Waals surface area contributed by atoms with Crippen LogP contribution in [0.25, 0.3) is 11.4 Å². The van der Waals surface area contributed by atoms with E-state index in [4.69, 9.17) is 14.7 Å². The molecule has 0 aliphatic carbocycles. The van der Waals surface area contributed by atoms with E-state index in [1.165, 1.54) is 12.5 Å². The minimum Gasteiger partial charge on any atom is -0.472 e. The van der Waals surface area contributed by atoms with Crippen LogP contribution in [0.15, 0.2) is 27.5 Å². The second-order valence-electron chi connectivity index (χ2n) is 3.06. The van der Waals surface area contributed by atoms with Gasteiger partial charge in [0.15, 0.2) is 0 Å². The summed E-state index contributed by atoms with van der Waals surface area (Å²) in [5.74, 6) is 0.575. The van der Waals surface area contributed by atoms with E-state index in [0.717, 1.165) is 0 Å². The highest BCUT2D eigenvalue weighted by Crippen LogP contribution is 2.19. The van der Waals surface area contributed by atoms with Gasteiger partial charge >= 0.3 is 0 Å². The molecule has 0 saturated carbocycles. The van der Waals surface area contributed by atoms with Crippen LogP contribution in [-0.2, 0) is 0 Å². The summed E-state index contributed by atoms with van der Waals surface area (Å²) >= 11 is 0. The normalized spacial score (nSPS) is 12.9. The Bertz CT molecular complexity index is 410. The van der Waals surface area contributed by atoms with E-state index in [0.29, 0.717) is 24.4 Å². The maximum absolute atomic E-state index is 9.53. The summed E-state index contributed by atoms with van der Waals surface area (Å²) in [5, 5.41) is 13.2. The molecule has 6 nitrogen and oxygen atoms in total. The van der Waals surface area contributed by atoms with Crippen LogP contribution in [0.5, 0.6) is 0 Å². The average molecular weight is 209 g/mol. The van der Waals surface area contributed by atoms with Crippen molar-refractivity contribution in [1.29, 1.82) is 0 Å². The van der Waals surface area contributed by atoms with Gasteiger partial charge in [-0.3, -0.25) is 0 Å². The van der Waals surface area contributed by atoms with Gasteiger partial charge in [-0.05, 0) is 19.0 Å². The van der Waals surface area contributed by atoms with E-state index < -0.39 is 6.10 Å². The SMILES string of the molecule is NCC[C@H](O)c1nc(-c2ccoc2)no1. The van der Waals surface area contributed by atoms with Gasteiger partial charge in [0, 0.05) is 0 Å². The fraction of sp³-hybridized carbons (Fsp3) is 0.333. The van der Waals surface area contributed by atoms with Crippen molar-refractivity contribution in [3.8, 4) is 11.4 Å². The molecule has 0 aliphatic rings. The van der Waals surface area contributed by atoms with Crippen LogP contribution in [0.3, 0.4) is 0 Å². The molecule has 2 heterocycles. The summed E-state index contributed by atoms with van der Waals surface area (Å²) in [7, 11) is 0. The van der Waals surface area contributed by atoms with Crippen molar-refractivity contribution in [1.82, 2.24) is 10.1 Å². The van der Waals surface area contributed by atoms with Gasteiger partial charge in [0.1, 0.15) is 12.4 Å². The van der Waals surface area contributed by atoms with E-state index in [2.05, 4.69) is 10.1 Å². The van der Waals surface area contributed by atoms with Gasteiger partial charge in [-0.2, -0.15) is 4.98 Å². The Hall–Kier alpha value is -1.66. The highest BCUT2D eigenvalue weighted by Gasteiger charge is 2.16. The van der Waals surface area contributed by atoms with Crippen molar-refractivity contribution >= 4 is 0 Å². The number of rotatable bonds is 4. The molecule has 0 aromatic carbocycles. The van der Waals surface area contributed by atoms with E-state index in [9.17, 15) is 5.11 Å². The number of aliphatic hydroxyl groups excluding tert-OH is 1. The fourth-order valence-corrected chi connectivity index (χ4v) is 1.16. The number of aromatic nitrogens is 2. The van der Waals surface area contributed by atoms with E-state index in [-0.39, 0.29) is 5.89 Å². The number of aliphatic hydroxyl groups is 1. The van der Waals surface area contributed by atoms with Gasteiger partial charge in [0.25, 0.3) is 5.89 Å². The van der Waals surface area contributed by atoms with Gasteiger partial charge in [0.2, 0.25) is 5.82 Å². The Balaban J connectivity index is 2.17. The highest BCUT2D eigenvalue weighted by molar-refractivity contribution is 5.51. The van der Waals surface area contributed by atoms with E-state index >= 15 is 0 Å². The zero-order valence-electron chi connectivity index (χ0n) is 7.96. The van der Waals surface area contributed by atoms with Crippen molar-refractivity contribution in [2.45, 2.75) is 12.5 Å². The third-order valence-corrected chi connectivity index (χ3v) is 1.95. The van der Waals surface area contributed by atoms with Crippen LogP contribution >= 0.6 is 0 Å². The molecule has 0 radical (unpaired) electrons. The lowest BCUT2D eigenvalue weighted by Gasteiger charge is -2.00. The summed E-state index contributed by atoms with van der Waals surface area (Å²) in [5.41, 5.74) is 6.02. The molecule has 15 heavy (non-hydrogen) atoms. The van der Waals surface area contributed by atoms with Gasteiger partial charge in [-0.1, -0.05) is 5.16 Å². The molecule has 0 amide bonds. The molecule has 0 fully saturated rings. The molecule has 80 valence electrons. The predicted molar refractivity (Wildman–Crippen MR) is 50.6 cm³/mol. The molecule has 2 rings (SSSR count). The Kier molecular flexibility index (Phi) is 2.79. The number of nitrogens with zero attached hydrogens (tertiary/aromatic N) is 2. The van der Waals surface area contributed by atoms with Crippen molar-refractivity contribution in [2.24, 2.45) is 5.73 Å². The first-order valence-corrected chi connectivity index (χ1v) is 4.55. The molecular formula is C9H11N3O3. The van der Waals surface area contributed by atoms with Crippen LogP contribution in [0, 0.1) is 0 Å². The lowest BCUT2D eigenvalue weighted by molar-refractivity contribution is 0.127. The van der Waals surface area contributed by atoms with Gasteiger partial charge < -0.3 is 19.8 Å². The monoisotopic (exact) mass is 209 g/mol. The highest BCUT2D eigenvalue weighted by atomic mass is 16.5. The minimum atomic E-state index is -0.803. The number of nitrogens with two attached hydrogens (primary N) is 1. The fourth-order valence-electron chi connectivity index (χ4n) is 1.16. The van der Waals surface area contributed by atoms with Crippen LogP contribution in [0.2, 0.25) is 0 Å². The Morgan fingerprint density at radius 2 is 2.40 bits per heavy atom. The predicted octanol–water partition coefficient (Wildman–Crippen LogP) is 0.712. The minimum absolute atomic E-state index is 0.177. The van der Waals surface area contributed by atoms with Crippen LogP contribution in [-0.4, -0.2) is 21.8 Å². The third-order valence-electron chi connectivity index (χ3n) is 1.95. The molecule has 0 spiro atoms. The molecule has 3 N–H and O–H groups in total. The van der Waals surface area contributed by atoms with E-state index in [1.807, 2.05) is 0 Å². The van der Waals surface area contributed by atoms with Crippen LogP contribution in [0.4, 0.5) is 0 Å². The molecule has 2 aromatic heterocycles. The molecular weight excluding hydrogens is 198 g/mol. The second-order valence-corrected chi connectivity index (χ2v) is 3.06. The Morgan fingerprint density at radius 1 is 1.53 bits per heavy atom. The zero-order chi connectivity index (χ0) is 10.7. The summed E-state index contributed by atoms with van der Waals surface area (Å²) in [6, 6.07) is 1.71. The molecule has 0 bridgehead atoms. The van der Waals surface area contributed by atoms with Gasteiger partial charge in [-0.15, -0.1) is 0 Å².